The van der Waals surface area contributed by atoms with Gasteiger partial charge in [0.25, 0.3) is 0 Å². The van der Waals surface area contributed by atoms with E-state index in [4.69, 9.17) is 23.4 Å². The quantitative estimate of drug-likeness (QED) is 0.647. The van der Waals surface area contributed by atoms with Crippen LogP contribution in [0.15, 0.2) is 27.4 Å². The van der Waals surface area contributed by atoms with Gasteiger partial charge < -0.3 is 23.4 Å². The van der Waals surface area contributed by atoms with Crippen molar-refractivity contribution in [1.82, 2.24) is 0 Å². The molecule has 0 spiro atoms. The van der Waals surface area contributed by atoms with Crippen LogP contribution in [0.5, 0.6) is 23.0 Å². The summed E-state index contributed by atoms with van der Waals surface area (Å²) in [6.07, 6.45) is 1.66. The fourth-order valence-corrected chi connectivity index (χ4v) is 3.57. The SMILES string of the molecule is COc1cc2oc3c(OC)c4c(cc3c(=O)c2cc1OC)CCC(C)(C)O4. The Balaban J connectivity index is 2.10. The molecular formula is C21H22O6. The Kier molecular flexibility index (Phi) is 3.94. The van der Waals surface area contributed by atoms with Crippen LogP contribution in [0.4, 0.5) is 0 Å². The minimum absolute atomic E-state index is 0.141. The van der Waals surface area contributed by atoms with Crippen molar-refractivity contribution in [3.63, 3.8) is 0 Å². The van der Waals surface area contributed by atoms with E-state index >= 15 is 0 Å². The highest BCUT2D eigenvalue weighted by Gasteiger charge is 2.31. The predicted molar refractivity (Wildman–Crippen MR) is 103 cm³/mol. The standard InChI is InChI=1S/C21H22O6/c1-21(2)7-6-11-8-13-17(22)12-9-15(23-3)16(24-4)10-14(12)26-19(13)20(25-5)18(11)27-21/h8-10H,6-7H2,1-5H3. The second-order valence-electron chi connectivity index (χ2n) is 7.27. The summed E-state index contributed by atoms with van der Waals surface area (Å²) in [6, 6.07) is 5.15. The smallest absolute Gasteiger partial charge is 0.205 e. The molecule has 1 aliphatic heterocycles. The predicted octanol–water partition coefficient (Wildman–Crippen LogP) is 4.08. The minimum Gasteiger partial charge on any atom is -0.493 e. The van der Waals surface area contributed by atoms with Gasteiger partial charge in [-0.2, -0.15) is 0 Å². The second-order valence-corrected chi connectivity index (χ2v) is 7.27. The molecule has 0 saturated carbocycles. The first kappa shape index (κ1) is 17.5. The maximum absolute atomic E-state index is 13.2. The van der Waals surface area contributed by atoms with Crippen LogP contribution in [0.25, 0.3) is 21.9 Å². The lowest BCUT2D eigenvalue weighted by Gasteiger charge is -2.33. The van der Waals surface area contributed by atoms with Gasteiger partial charge in [0, 0.05) is 6.07 Å². The average Bonchev–Trinajstić information content (AvgIpc) is 2.65. The molecule has 0 aliphatic carbocycles. The van der Waals surface area contributed by atoms with E-state index in [0.717, 1.165) is 18.4 Å². The van der Waals surface area contributed by atoms with Gasteiger partial charge in [-0.25, -0.2) is 0 Å². The number of hydrogen-bond donors (Lipinski definition) is 0. The van der Waals surface area contributed by atoms with Crippen molar-refractivity contribution in [1.29, 1.82) is 0 Å². The van der Waals surface area contributed by atoms with E-state index in [0.29, 0.717) is 44.9 Å². The summed E-state index contributed by atoms with van der Waals surface area (Å²) < 4.78 is 28.5. The molecule has 3 aromatic rings. The van der Waals surface area contributed by atoms with E-state index in [1.807, 2.05) is 19.9 Å². The van der Waals surface area contributed by atoms with Crippen LogP contribution in [0, 0.1) is 0 Å². The molecule has 2 aromatic carbocycles. The first-order valence-corrected chi connectivity index (χ1v) is 8.80. The normalized spacial score (nSPS) is 15.3. The summed E-state index contributed by atoms with van der Waals surface area (Å²) in [6.45, 7) is 4.07. The Morgan fingerprint density at radius 2 is 1.67 bits per heavy atom. The summed E-state index contributed by atoms with van der Waals surface area (Å²) in [4.78, 5) is 13.2. The van der Waals surface area contributed by atoms with E-state index in [1.54, 1.807) is 19.2 Å². The summed E-state index contributed by atoms with van der Waals surface area (Å²) in [7, 11) is 4.62. The largest absolute Gasteiger partial charge is 0.493 e. The molecular weight excluding hydrogens is 348 g/mol. The van der Waals surface area contributed by atoms with Crippen LogP contribution in [-0.4, -0.2) is 26.9 Å². The van der Waals surface area contributed by atoms with Crippen LogP contribution in [0.1, 0.15) is 25.8 Å². The van der Waals surface area contributed by atoms with Crippen LogP contribution in [0.3, 0.4) is 0 Å². The number of hydrogen-bond acceptors (Lipinski definition) is 6. The molecule has 1 aliphatic rings. The van der Waals surface area contributed by atoms with Gasteiger partial charge in [0.05, 0.1) is 32.1 Å². The maximum atomic E-state index is 13.2. The molecule has 1 aromatic heterocycles. The fraction of sp³-hybridized carbons (Fsp3) is 0.381. The highest BCUT2D eigenvalue weighted by atomic mass is 16.5. The number of methoxy groups -OCH3 is 3. The molecule has 6 nitrogen and oxygen atoms in total. The first-order valence-electron chi connectivity index (χ1n) is 8.80. The van der Waals surface area contributed by atoms with Gasteiger partial charge in [0.1, 0.15) is 11.2 Å². The summed E-state index contributed by atoms with van der Waals surface area (Å²) in [5, 5.41) is 0.896. The van der Waals surface area contributed by atoms with Gasteiger partial charge in [-0.3, -0.25) is 4.79 Å². The molecule has 4 rings (SSSR count). The third-order valence-corrected chi connectivity index (χ3v) is 5.03. The van der Waals surface area contributed by atoms with E-state index < -0.39 is 0 Å². The van der Waals surface area contributed by atoms with Gasteiger partial charge in [-0.05, 0) is 44.4 Å². The zero-order valence-corrected chi connectivity index (χ0v) is 16.1. The van der Waals surface area contributed by atoms with Crippen LogP contribution in [0.2, 0.25) is 0 Å². The number of benzene rings is 2. The van der Waals surface area contributed by atoms with Crippen molar-refractivity contribution in [3.05, 3.63) is 34.0 Å². The second kappa shape index (κ2) is 6.08. The van der Waals surface area contributed by atoms with Gasteiger partial charge in [0.15, 0.2) is 22.8 Å². The third-order valence-electron chi connectivity index (χ3n) is 5.03. The molecule has 0 fully saturated rings. The van der Waals surface area contributed by atoms with Gasteiger partial charge in [-0.1, -0.05) is 0 Å². The molecule has 6 heteroatoms. The van der Waals surface area contributed by atoms with E-state index in [9.17, 15) is 4.79 Å². The van der Waals surface area contributed by atoms with Gasteiger partial charge in [-0.15, -0.1) is 0 Å². The molecule has 0 unspecified atom stereocenters. The zero-order valence-electron chi connectivity index (χ0n) is 16.1. The lowest BCUT2D eigenvalue weighted by molar-refractivity contribution is 0.0807. The van der Waals surface area contributed by atoms with Crippen molar-refractivity contribution in [2.24, 2.45) is 0 Å². The third kappa shape index (κ3) is 2.67. The Hall–Kier alpha value is -2.89. The van der Waals surface area contributed by atoms with Crippen LogP contribution in [-0.2, 0) is 6.42 Å². The molecule has 0 bridgehead atoms. The Labute approximate surface area is 156 Å². The molecule has 0 saturated heterocycles. The average molecular weight is 370 g/mol. The van der Waals surface area contributed by atoms with E-state index in [-0.39, 0.29) is 11.0 Å². The van der Waals surface area contributed by atoms with Crippen molar-refractivity contribution in [2.75, 3.05) is 21.3 Å². The monoisotopic (exact) mass is 370 g/mol. The molecule has 142 valence electrons. The summed E-state index contributed by atoms with van der Waals surface area (Å²) in [5.74, 6) is 2.06. The number of ether oxygens (including phenoxy) is 4. The Morgan fingerprint density at radius 3 is 2.33 bits per heavy atom. The van der Waals surface area contributed by atoms with Crippen molar-refractivity contribution in [2.45, 2.75) is 32.3 Å². The molecule has 0 amide bonds. The highest BCUT2D eigenvalue weighted by Crippen LogP contribution is 2.45. The molecule has 2 heterocycles. The molecule has 0 N–H and O–H groups in total. The van der Waals surface area contributed by atoms with Crippen LogP contribution < -0.4 is 24.4 Å². The summed E-state index contributed by atoms with van der Waals surface area (Å²) >= 11 is 0. The van der Waals surface area contributed by atoms with Gasteiger partial charge in [0.2, 0.25) is 11.2 Å². The molecule has 0 radical (unpaired) electrons. The lowest BCUT2D eigenvalue weighted by Crippen LogP contribution is -2.32. The Morgan fingerprint density at radius 1 is 0.963 bits per heavy atom. The fourth-order valence-electron chi connectivity index (χ4n) is 3.57. The van der Waals surface area contributed by atoms with E-state index in [1.165, 1.54) is 14.2 Å². The first-order chi connectivity index (χ1) is 12.9. The number of aryl methyl sites for hydroxylation is 1. The number of fused-ring (bicyclic) bond motifs is 3. The topological polar surface area (TPSA) is 67.1 Å². The molecule has 0 atom stereocenters. The van der Waals surface area contributed by atoms with Crippen molar-refractivity contribution >= 4 is 21.9 Å². The zero-order chi connectivity index (χ0) is 19.3. The summed E-state index contributed by atoms with van der Waals surface area (Å²) in [5.41, 5.74) is 1.28. The van der Waals surface area contributed by atoms with Gasteiger partial charge >= 0.3 is 0 Å². The van der Waals surface area contributed by atoms with Crippen molar-refractivity contribution in [3.8, 4) is 23.0 Å². The highest BCUT2D eigenvalue weighted by molar-refractivity contribution is 5.95. The Bertz CT molecular complexity index is 1110. The lowest BCUT2D eigenvalue weighted by atomic mass is 9.93. The van der Waals surface area contributed by atoms with Crippen molar-refractivity contribution < 1.29 is 23.4 Å². The maximum Gasteiger partial charge on any atom is 0.205 e. The molecule has 27 heavy (non-hydrogen) atoms. The number of rotatable bonds is 3. The van der Waals surface area contributed by atoms with E-state index in [2.05, 4.69) is 0 Å². The van der Waals surface area contributed by atoms with Crippen LogP contribution >= 0.6 is 0 Å². The minimum atomic E-state index is -0.304.